The van der Waals surface area contributed by atoms with Crippen LogP contribution in [0.3, 0.4) is 0 Å². The molecule has 0 unspecified atom stereocenters. The summed E-state index contributed by atoms with van der Waals surface area (Å²) in [4.78, 5) is 13.5. The van der Waals surface area contributed by atoms with Gasteiger partial charge in [0.15, 0.2) is 0 Å². The Kier molecular flexibility index (Phi) is 3.50. The Balaban J connectivity index is 2.47. The number of amides is 1. The van der Waals surface area contributed by atoms with Crippen molar-refractivity contribution in [3.05, 3.63) is 0 Å². The molecule has 1 heterocycles. The first-order valence-corrected chi connectivity index (χ1v) is 5.17. The van der Waals surface area contributed by atoms with Crippen LogP contribution in [0.4, 0.5) is 0 Å². The summed E-state index contributed by atoms with van der Waals surface area (Å²) < 4.78 is 0. The molecule has 0 aliphatic carbocycles. The molecule has 1 aliphatic heterocycles. The molecule has 0 aromatic carbocycles. The smallest absolute Gasteiger partial charge is 0.225 e. The summed E-state index contributed by atoms with van der Waals surface area (Å²) in [6.07, 6.45) is 1.39. The highest BCUT2D eigenvalue weighted by molar-refractivity contribution is 5.78. The number of hydrogen-bond acceptors (Lipinski definition) is 3. The van der Waals surface area contributed by atoms with E-state index in [-0.39, 0.29) is 18.4 Å². The van der Waals surface area contributed by atoms with Gasteiger partial charge in [-0.15, -0.1) is 0 Å². The van der Waals surface area contributed by atoms with Crippen LogP contribution in [0.1, 0.15) is 26.7 Å². The Morgan fingerprint density at radius 2 is 2.00 bits per heavy atom. The van der Waals surface area contributed by atoms with E-state index >= 15 is 0 Å². The molecule has 0 atom stereocenters. The molecule has 1 aliphatic rings. The van der Waals surface area contributed by atoms with Crippen molar-refractivity contribution < 1.29 is 9.90 Å². The lowest BCUT2D eigenvalue weighted by atomic mass is 9.89. The van der Waals surface area contributed by atoms with Crippen molar-refractivity contribution >= 4 is 5.91 Å². The molecule has 0 saturated carbocycles. The molecule has 3 N–H and O–H groups in total. The fraction of sp³-hybridized carbons (Fsp3) is 0.900. The molecule has 1 fully saturated rings. The van der Waals surface area contributed by atoms with Gasteiger partial charge < -0.3 is 15.7 Å². The van der Waals surface area contributed by atoms with E-state index in [4.69, 9.17) is 10.8 Å². The van der Waals surface area contributed by atoms with E-state index in [0.29, 0.717) is 25.9 Å². The van der Waals surface area contributed by atoms with Gasteiger partial charge in [0.2, 0.25) is 5.91 Å². The van der Waals surface area contributed by atoms with E-state index < -0.39 is 5.54 Å². The molecule has 82 valence electrons. The Hall–Kier alpha value is -0.610. The number of carbonyl (C=O) groups is 1. The molecule has 0 spiro atoms. The zero-order chi connectivity index (χ0) is 10.8. The van der Waals surface area contributed by atoms with E-state index in [1.165, 1.54) is 0 Å². The summed E-state index contributed by atoms with van der Waals surface area (Å²) in [6, 6.07) is 0. The highest BCUT2D eigenvalue weighted by atomic mass is 16.3. The molecular formula is C10H20N2O2. The molecule has 0 bridgehead atoms. The first-order valence-electron chi connectivity index (χ1n) is 5.17. The predicted molar refractivity (Wildman–Crippen MR) is 54.7 cm³/mol. The summed E-state index contributed by atoms with van der Waals surface area (Å²) in [6.45, 7) is 5.16. The Morgan fingerprint density at radius 3 is 2.36 bits per heavy atom. The molecule has 0 aromatic heterocycles. The molecule has 1 amide bonds. The van der Waals surface area contributed by atoms with E-state index in [1.807, 2.05) is 18.7 Å². The molecule has 1 rings (SSSR count). The van der Waals surface area contributed by atoms with Gasteiger partial charge in [0.25, 0.3) is 0 Å². The molecular weight excluding hydrogens is 180 g/mol. The minimum atomic E-state index is -0.465. The second kappa shape index (κ2) is 4.28. The number of aliphatic hydroxyl groups excluding tert-OH is 1. The van der Waals surface area contributed by atoms with Gasteiger partial charge in [0.05, 0.1) is 6.61 Å². The summed E-state index contributed by atoms with van der Waals surface area (Å²) >= 11 is 0. The van der Waals surface area contributed by atoms with Gasteiger partial charge in [-0.25, -0.2) is 0 Å². The lowest BCUT2D eigenvalue weighted by molar-refractivity contribution is -0.136. The van der Waals surface area contributed by atoms with Crippen LogP contribution in [0.15, 0.2) is 0 Å². The lowest BCUT2D eigenvalue weighted by Gasteiger charge is -2.38. The van der Waals surface area contributed by atoms with E-state index in [9.17, 15) is 4.79 Å². The van der Waals surface area contributed by atoms with Crippen molar-refractivity contribution in [2.45, 2.75) is 32.2 Å². The van der Waals surface area contributed by atoms with Gasteiger partial charge in [0, 0.05) is 24.5 Å². The maximum absolute atomic E-state index is 11.6. The Bertz CT molecular complexity index is 208. The normalized spacial score (nSPS) is 21.4. The Labute approximate surface area is 85.1 Å². The van der Waals surface area contributed by atoms with Crippen molar-refractivity contribution in [3.8, 4) is 0 Å². The standard InChI is InChI=1S/C10H20N2O2/c1-8(2)9(14)12-5-3-10(11,7-13)4-6-12/h8,13H,3-7,11H2,1-2H3. The summed E-state index contributed by atoms with van der Waals surface area (Å²) in [7, 11) is 0. The minimum absolute atomic E-state index is 0.0106. The van der Waals surface area contributed by atoms with Crippen molar-refractivity contribution in [1.82, 2.24) is 4.90 Å². The quantitative estimate of drug-likeness (QED) is 0.657. The van der Waals surface area contributed by atoms with Crippen LogP contribution in [-0.4, -0.2) is 41.1 Å². The third-order valence-corrected chi connectivity index (χ3v) is 2.88. The van der Waals surface area contributed by atoms with Crippen LogP contribution < -0.4 is 5.73 Å². The van der Waals surface area contributed by atoms with Crippen LogP contribution in [0.5, 0.6) is 0 Å². The van der Waals surface area contributed by atoms with Crippen LogP contribution in [0.25, 0.3) is 0 Å². The van der Waals surface area contributed by atoms with Crippen LogP contribution in [0.2, 0.25) is 0 Å². The summed E-state index contributed by atoms with van der Waals surface area (Å²) in [5, 5.41) is 9.06. The largest absolute Gasteiger partial charge is 0.394 e. The van der Waals surface area contributed by atoms with Gasteiger partial charge in [-0.1, -0.05) is 13.8 Å². The lowest BCUT2D eigenvalue weighted by Crippen LogP contribution is -2.54. The molecule has 14 heavy (non-hydrogen) atoms. The van der Waals surface area contributed by atoms with Gasteiger partial charge in [-0.3, -0.25) is 4.79 Å². The number of likely N-dealkylation sites (tertiary alicyclic amines) is 1. The van der Waals surface area contributed by atoms with Gasteiger partial charge in [-0.2, -0.15) is 0 Å². The van der Waals surface area contributed by atoms with Crippen molar-refractivity contribution in [2.75, 3.05) is 19.7 Å². The summed E-state index contributed by atoms with van der Waals surface area (Å²) in [5.74, 6) is 0.236. The summed E-state index contributed by atoms with van der Waals surface area (Å²) in [5.41, 5.74) is 5.44. The highest BCUT2D eigenvalue weighted by Crippen LogP contribution is 2.20. The number of nitrogens with zero attached hydrogens (tertiary/aromatic N) is 1. The number of aliphatic hydroxyl groups is 1. The van der Waals surface area contributed by atoms with E-state index in [2.05, 4.69) is 0 Å². The average molecular weight is 200 g/mol. The SMILES string of the molecule is CC(C)C(=O)N1CCC(N)(CO)CC1. The second-order valence-electron chi connectivity index (χ2n) is 4.50. The maximum Gasteiger partial charge on any atom is 0.225 e. The molecule has 4 nitrogen and oxygen atoms in total. The van der Waals surface area contributed by atoms with Crippen molar-refractivity contribution in [2.24, 2.45) is 11.7 Å². The number of carbonyl (C=O) groups excluding carboxylic acids is 1. The van der Waals surface area contributed by atoms with E-state index in [1.54, 1.807) is 0 Å². The van der Waals surface area contributed by atoms with Gasteiger partial charge in [-0.05, 0) is 12.8 Å². The fourth-order valence-electron chi connectivity index (χ4n) is 1.70. The van der Waals surface area contributed by atoms with Crippen LogP contribution in [-0.2, 0) is 4.79 Å². The number of hydrogen-bond donors (Lipinski definition) is 2. The molecule has 4 heteroatoms. The maximum atomic E-state index is 11.6. The third kappa shape index (κ3) is 2.45. The zero-order valence-electron chi connectivity index (χ0n) is 8.99. The number of rotatable bonds is 2. The molecule has 0 aromatic rings. The van der Waals surface area contributed by atoms with Crippen LogP contribution >= 0.6 is 0 Å². The highest BCUT2D eigenvalue weighted by Gasteiger charge is 2.32. The average Bonchev–Trinajstić information content (AvgIpc) is 2.18. The molecule has 1 saturated heterocycles. The monoisotopic (exact) mass is 200 g/mol. The van der Waals surface area contributed by atoms with Gasteiger partial charge in [0.1, 0.15) is 0 Å². The number of piperidine rings is 1. The number of nitrogens with two attached hydrogens (primary N) is 1. The second-order valence-corrected chi connectivity index (χ2v) is 4.50. The fourth-order valence-corrected chi connectivity index (χ4v) is 1.70. The predicted octanol–water partition coefficient (Wildman–Crippen LogP) is -0.0454. The minimum Gasteiger partial charge on any atom is -0.394 e. The first kappa shape index (κ1) is 11.5. The van der Waals surface area contributed by atoms with E-state index in [0.717, 1.165) is 0 Å². The zero-order valence-corrected chi connectivity index (χ0v) is 8.99. The van der Waals surface area contributed by atoms with Crippen molar-refractivity contribution in [1.29, 1.82) is 0 Å². The van der Waals surface area contributed by atoms with Gasteiger partial charge >= 0.3 is 0 Å². The first-order chi connectivity index (χ1) is 6.48. The topological polar surface area (TPSA) is 66.6 Å². The van der Waals surface area contributed by atoms with Crippen LogP contribution in [0, 0.1) is 5.92 Å². The molecule has 0 radical (unpaired) electrons. The van der Waals surface area contributed by atoms with Crippen molar-refractivity contribution in [3.63, 3.8) is 0 Å². The third-order valence-electron chi connectivity index (χ3n) is 2.88. The Morgan fingerprint density at radius 1 is 1.50 bits per heavy atom.